The number of amides is 3. The van der Waals surface area contributed by atoms with Crippen LogP contribution in [0, 0.1) is 6.92 Å². The van der Waals surface area contributed by atoms with Crippen LogP contribution in [0.15, 0.2) is 36.5 Å². The number of methoxy groups -OCH3 is 1. The number of pyridine rings is 1. The number of aromatic nitrogens is 1. The van der Waals surface area contributed by atoms with Gasteiger partial charge in [-0.1, -0.05) is 23.7 Å². The molecule has 3 rings (SSSR count). The summed E-state index contributed by atoms with van der Waals surface area (Å²) in [4.78, 5) is 30.0. The second-order valence-corrected chi connectivity index (χ2v) is 7.97. The summed E-state index contributed by atoms with van der Waals surface area (Å²) < 4.78 is 33.0. The molecule has 2 aromatic rings. The topological polar surface area (TPSA) is 110 Å². The number of ether oxygens (including phenoxy) is 1. The number of hydrogen-bond acceptors (Lipinski definition) is 5. The number of nitrogens with two attached hydrogens (primary N) is 1. The quantitative estimate of drug-likeness (QED) is 0.580. The normalized spacial score (nSPS) is 17.4. The van der Waals surface area contributed by atoms with Crippen molar-refractivity contribution in [3.63, 3.8) is 0 Å². The van der Waals surface area contributed by atoms with Crippen LogP contribution >= 0.6 is 11.6 Å². The Hall–Kier alpha value is -2.82. The standard InChI is InChI=1S/C21H24ClF2N5O3/c1-12-7-14(3-4-15(12)22)18(25)19(30)28-17-8-13(5-6-26-17)16(9-32-2)29-11-21(23,24)10-27-20(29)31/h3-8,16,18H,9-11,25H2,1-2H3,(H,27,31)(H,26,28,30)/t16-,18+/m1/s1. The molecule has 1 aliphatic rings. The van der Waals surface area contributed by atoms with Crippen LogP contribution < -0.4 is 16.4 Å². The van der Waals surface area contributed by atoms with Gasteiger partial charge in [0.05, 0.1) is 25.7 Å². The van der Waals surface area contributed by atoms with Crippen molar-refractivity contribution in [2.75, 3.05) is 32.1 Å². The molecule has 32 heavy (non-hydrogen) atoms. The molecule has 4 N–H and O–H groups in total. The molecule has 0 aliphatic carbocycles. The van der Waals surface area contributed by atoms with E-state index in [1.807, 2.05) is 0 Å². The Kier molecular flexibility index (Phi) is 7.27. The van der Waals surface area contributed by atoms with Crippen LogP contribution in [-0.4, -0.2) is 54.6 Å². The van der Waals surface area contributed by atoms with Gasteiger partial charge in [0.1, 0.15) is 11.9 Å². The molecule has 0 radical (unpaired) electrons. The van der Waals surface area contributed by atoms with E-state index in [9.17, 15) is 18.4 Å². The van der Waals surface area contributed by atoms with E-state index in [1.165, 1.54) is 19.4 Å². The number of anilines is 1. The van der Waals surface area contributed by atoms with Crippen LogP contribution in [0.1, 0.15) is 28.8 Å². The van der Waals surface area contributed by atoms with Crippen molar-refractivity contribution in [2.45, 2.75) is 24.9 Å². The monoisotopic (exact) mass is 467 g/mol. The third-order valence-electron chi connectivity index (χ3n) is 5.11. The van der Waals surface area contributed by atoms with Crippen LogP contribution in [0.4, 0.5) is 19.4 Å². The third kappa shape index (κ3) is 5.50. The lowest BCUT2D eigenvalue weighted by atomic mass is 10.0. The first kappa shape index (κ1) is 23.8. The van der Waals surface area contributed by atoms with E-state index in [2.05, 4.69) is 15.6 Å². The highest BCUT2D eigenvalue weighted by Gasteiger charge is 2.42. The Morgan fingerprint density at radius 2 is 2.12 bits per heavy atom. The van der Waals surface area contributed by atoms with E-state index in [1.54, 1.807) is 31.2 Å². The first-order valence-electron chi connectivity index (χ1n) is 9.81. The lowest BCUT2D eigenvalue weighted by molar-refractivity contribution is -0.117. The van der Waals surface area contributed by atoms with Crippen molar-refractivity contribution in [3.05, 3.63) is 58.2 Å². The van der Waals surface area contributed by atoms with Crippen LogP contribution in [0.5, 0.6) is 0 Å². The predicted octanol–water partition coefficient (Wildman–Crippen LogP) is 3.03. The summed E-state index contributed by atoms with van der Waals surface area (Å²) in [5, 5.41) is 5.38. The number of carbonyl (C=O) groups is 2. The minimum absolute atomic E-state index is 0.0233. The maximum absolute atomic E-state index is 13.9. The molecule has 3 amide bonds. The number of nitrogens with zero attached hydrogens (tertiary/aromatic N) is 2. The lowest BCUT2D eigenvalue weighted by Crippen LogP contribution is -2.58. The molecule has 1 aliphatic heterocycles. The number of rotatable bonds is 7. The van der Waals surface area contributed by atoms with E-state index < -0.39 is 43.0 Å². The third-order valence-corrected chi connectivity index (χ3v) is 5.53. The Balaban J connectivity index is 1.80. The summed E-state index contributed by atoms with van der Waals surface area (Å²) in [5.74, 6) is -3.42. The van der Waals surface area contributed by atoms with Crippen molar-refractivity contribution in [1.82, 2.24) is 15.2 Å². The smallest absolute Gasteiger partial charge is 0.318 e. The fourth-order valence-corrected chi connectivity index (χ4v) is 3.52. The van der Waals surface area contributed by atoms with Crippen LogP contribution in [0.25, 0.3) is 0 Å². The number of aryl methyl sites for hydroxylation is 1. The van der Waals surface area contributed by atoms with Crippen molar-refractivity contribution in [1.29, 1.82) is 0 Å². The molecule has 1 fully saturated rings. The summed E-state index contributed by atoms with van der Waals surface area (Å²) >= 11 is 6.02. The molecule has 8 nitrogen and oxygen atoms in total. The zero-order chi connectivity index (χ0) is 23.5. The highest BCUT2D eigenvalue weighted by atomic mass is 35.5. The number of carbonyl (C=O) groups excluding carboxylic acids is 2. The largest absolute Gasteiger partial charge is 0.382 e. The van der Waals surface area contributed by atoms with E-state index in [0.29, 0.717) is 16.1 Å². The Morgan fingerprint density at radius 3 is 2.81 bits per heavy atom. The van der Waals surface area contributed by atoms with Gasteiger partial charge in [0.25, 0.3) is 5.92 Å². The molecule has 2 atom stereocenters. The predicted molar refractivity (Wildman–Crippen MR) is 116 cm³/mol. The first-order chi connectivity index (χ1) is 15.1. The zero-order valence-electron chi connectivity index (χ0n) is 17.6. The van der Waals surface area contributed by atoms with E-state index in [-0.39, 0.29) is 12.4 Å². The van der Waals surface area contributed by atoms with Gasteiger partial charge < -0.3 is 26.0 Å². The highest BCUT2D eigenvalue weighted by molar-refractivity contribution is 6.31. The maximum atomic E-state index is 13.9. The van der Waals surface area contributed by atoms with Crippen LogP contribution in [0.2, 0.25) is 5.02 Å². The summed E-state index contributed by atoms with van der Waals surface area (Å²) in [7, 11) is 1.41. The van der Waals surface area contributed by atoms with Crippen molar-refractivity contribution < 1.29 is 23.1 Å². The number of nitrogens with one attached hydrogen (secondary N) is 2. The molecule has 0 spiro atoms. The van der Waals surface area contributed by atoms with Gasteiger partial charge in [-0.2, -0.15) is 0 Å². The summed E-state index contributed by atoms with van der Waals surface area (Å²) in [6.45, 7) is 0.307. The molecular formula is C21H24ClF2N5O3. The first-order valence-corrected chi connectivity index (χ1v) is 10.2. The molecule has 11 heteroatoms. The average molecular weight is 468 g/mol. The minimum atomic E-state index is -3.08. The lowest BCUT2D eigenvalue weighted by Gasteiger charge is -2.38. The van der Waals surface area contributed by atoms with Gasteiger partial charge in [-0.05, 0) is 41.8 Å². The number of benzene rings is 1. The van der Waals surface area contributed by atoms with E-state index in [0.717, 1.165) is 10.5 Å². The van der Waals surface area contributed by atoms with Crippen molar-refractivity contribution in [3.8, 4) is 0 Å². The van der Waals surface area contributed by atoms with Gasteiger partial charge in [-0.25, -0.2) is 18.6 Å². The fourth-order valence-electron chi connectivity index (χ4n) is 3.40. The molecule has 0 unspecified atom stereocenters. The van der Waals surface area contributed by atoms with Gasteiger partial charge in [-0.15, -0.1) is 0 Å². The molecule has 0 saturated carbocycles. The molecule has 1 saturated heterocycles. The SMILES string of the molecule is COC[C@H](c1ccnc(NC(=O)[C@@H](N)c2ccc(Cl)c(C)c2)c1)N1CC(F)(F)CNC1=O. The second kappa shape index (κ2) is 9.76. The number of hydrogen-bond donors (Lipinski definition) is 3. The highest BCUT2D eigenvalue weighted by Crippen LogP contribution is 2.29. The summed E-state index contributed by atoms with van der Waals surface area (Å²) in [5.41, 5.74) is 7.90. The minimum Gasteiger partial charge on any atom is -0.382 e. The van der Waals surface area contributed by atoms with Crippen LogP contribution in [0.3, 0.4) is 0 Å². The summed E-state index contributed by atoms with van der Waals surface area (Å²) in [6, 6.07) is 5.71. The molecule has 1 aromatic carbocycles. The maximum Gasteiger partial charge on any atom is 0.318 e. The fraction of sp³-hybridized carbons (Fsp3) is 0.381. The second-order valence-electron chi connectivity index (χ2n) is 7.56. The molecule has 1 aromatic heterocycles. The van der Waals surface area contributed by atoms with Crippen molar-refractivity contribution in [2.24, 2.45) is 5.73 Å². The molecule has 0 bridgehead atoms. The van der Waals surface area contributed by atoms with Gasteiger partial charge in [0, 0.05) is 18.3 Å². The number of alkyl halides is 2. The zero-order valence-corrected chi connectivity index (χ0v) is 18.3. The Morgan fingerprint density at radius 1 is 1.38 bits per heavy atom. The van der Waals surface area contributed by atoms with Gasteiger partial charge >= 0.3 is 6.03 Å². The summed E-state index contributed by atoms with van der Waals surface area (Å²) in [6.07, 6.45) is 1.41. The van der Waals surface area contributed by atoms with Gasteiger partial charge in [-0.3, -0.25) is 4.79 Å². The van der Waals surface area contributed by atoms with E-state index in [4.69, 9.17) is 22.1 Å². The van der Waals surface area contributed by atoms with Crippen molar-refractivity contribution >= 4 is 29.4 Å². The van der Waals surface area contributed by atoms with Gasteiger partial charge in [0.15, 0.2) is 0 Å². The number of urea groups is 1. The average Bonchev–Trinajstić information content (AvgIpc) is 2.75. The molecule has 2 heterocycles. The molecule has 172 valence electrons. The molecular weight excluding hydrogens is 444 g/mol. The Labute approximate surface area is 189 Å². The van der Waals surface area contributed by atoms with E-state index >= 15 is 0 Å². The van der Waals surface area contributed by atoms with Gasteiger partial charge in [0.2, 0.25) is 5.91 Å². The Bertz CT molecular complexity index is 1010. The number of halogens is 3. The van der Waals surface area contributed by atoms with Crippen LogP contribution in [-0.2, 0) is 9.53 Å².